The number of hydrogen-bond acceptors (Lipinski definition) is 6. The Bertz CT molecular complexity index is 800. The average Bonchev–Trinajstić information content (AvgIpc) is 3.10. The third-order valence-electron chi connectivity index (χ3n) is 4.55. The molecule has 0 aliphatic carbocycles. The van der Waals surface area contributed by atoms with Gasteiger partial charge in [-0.15, -0.1) is 0 Å². The van der Waals surface area contributed by atoms with Crippen molar-refractivity contribution in [2.75, 3.05) is 48.9 Å². The van der Waals surface area contributed by atoms with E-state index in [0.29, 0.717) is 5.56 Å². The van der Waals surface area contributed by atoms with E-state index in [1.165, 1.54) is 12.1 Å². The summed E-state index contributed by atoms with van der Waals surface area (Å²) < 4.78 is 13.7. The molecule has 1 aromatic carbocycles. The largest absolute Gasteiger partial charge is 0.369 e. The molecule has 7 heteroatoms. The van der Waals surface area contributed by atoms with E-state index in [1.54, 1.807) is 12.4 Å². The lowest BCUT2D eigenvalue weighted by atomic mass is 10.2. The highest BCUT2D eigenvalue weighted by Crippen LogP contribution is 2.27. The van der Waals surface area contributed by atoms with Gasteiger partial charge in [-0.1, -0.05) is 0 Å². The lowest BCUT2D eigenvalue weighted by molar-refractivity contribution is 0.626. The molecule has 0 amide bonds. The van der Waals surface area contributed by atoms with Crippen LogP contribution in [0.4, 0.5) is 21.7 Å². The molecule has 0 spiro atoms. The van der Waals surface area contributed by atoms with Crippen LogP contribution in [0.3, 0.4) is 0 Å². The third-order valence-corrected chi connectivity index (χ3v) is 4.55. The second kappa shape index (κ2) is 6.93. The fourth-order valence-electron chi connectivity index (χ4n) is 3.08. The van der Waals surface area contributed by atoms with Crippen molar-refractivity contribution in [1.29, 1.82) is 5.26 Å². The second-order valence-corrected chi connectivity index (χ2v) is 6.44. The Morgan fingerprint density at radius 3 is 2.64 bits per heavy atom. The molecule has 1 fully saturated rings. The zero-order chi connectivity index (χ0) is 18.0. The first kappa shape index (κ1) is 17.0. The summed E-state index contributed by atoms with van der Waals surface area (Å²) in [7, 11) is 5.91. The van der Waals surface area contributed by atoms with Crippen LogP contribution in [0, 0.1) is 17.1 Å². The van der Waals surface area contributed by atoms with Crippen LogP contribution in [0.2, 0.25) is 0 Å². The molecule has 130 valence electrons. The summed E-state index contributed by atoms with van der Waals surface area (Å²) in [5.74, 6) is 1.34. The first-order valence-electron chi connectivity index (χ1n) is 8.16. The molecule has 0 N–H and O–H groups in total. The normalized spacial score (nSPS) is 16.6. The number of anilines is 3. The van der Waals surface area contributed by atoms with Crippen molar-refractivity contribution in [2.45, 2.75) is 12.5 Å². The highest BCUT2D eigenvalue weighted by atomic mass is 19.1. The van der Waals surface area contributed by atoms with E-state index in [0.717, 1.165) is 36.8 Å². The van der Waals surface area contributed by atoms with Crippen molar-refractivity contribution in [3.05, 3.63) is 42.0 Å². The molecular formula is C18H21FN6. The van der Waals surface area contributed by atoms with Crippen molar-refractivity contribution >= 4 is 17.3 Å². The molecule has 0 bridgehead atoms. The lowest BCUT2D eigenvalue weighted by Gasteiger charge is -2.27. The number of nitriles is 1. The minimum Gasteiger partial charge on any atom is -0.369 e. The molecule has 1 aromatic heterocycles. The number of nitrogens with zero attached hydrogens (tertiary/aromatic N) is 6. The second-order valence-electron chi connectivity index (χ2n) is 6.44. The number of likely N-dealkylation sites (N-methyl/N-ethyl adjacent to an activating group) is 1. The van der Waals surface area contributed by atoms with E-state index in [1.807, 2.05) is 38.2 Å². The third kappa shape index (κ3) is 3.63. The van der Waals surface area contributed by atoms with Gasteiger partial charge in [0.25, 0.3) is 0 Å². The molecule has 1 atom stereocenters. The summed E-state index contributed by atoms with van der Waals surface area (Å²) >= 11 is 0. The average molecular weight is 340 g/mol. The topological polar surface area (TPSA) is 59.3 Å². The van der Waals surface area contributed by atoms with Crippen LogP contribution in [-0.2, 0) is 0 Å². The van der Waals surface area contributed by atoms with Crippen molar-refractivity contribution in [2.24, 2.45) is 0 Å². The van der Waals surface area contributed by atoms with E-state index in [9.17, 15) is 4.39 Å². The van der Waals surface area contributed by atoms with E-state index < -0.39 is 0 Å². The molecule has 25 heavy (non-hydrogen) atoms. The summed E-state index contributed by atoms with van der Waals surface area (Å²) in [4.78, 5) is 14.8. The van der Waals surface area contributed by atoms with Gasteiger partial charge in [-0.25, -0.2) is 14.4 Å². The quantitative estimate of drug-likeness (QED) is 0.851. The Morgan fingerprint density at radius 2 is 1.92 bits per heavy atom. The predicted molar refractivity (Wildman–Crippen MR) is 96.5 cm³/mol. The van der Waals surface area contributed by atoms with E-state index in [-0.39, 0.29) is 11.9 Å². The summed E-state index contributed by atoms with van der Waals surface area (Å²) in [5, 5.41) is 9.03. The van der Waals surface area contributed by atoms with Crippen LogP contribution < -0.4 is 14.7 Å². The molecule has 2 heterocycles. The van der Waals surface area contributed by atoms with Gasteiger partial charge in [0.15, 0.2) is 0 Å². The smallest absolute Gasteiger partial charge is 0.134 e. The summed E-state index contributed by atoms with van der Waals surface area (Å²) in [5.41, 5.74) is 1.10. The Kier molecular flexibility index (Phi) is 4.70. The number of benzene rings is 1. The molecular weight excluding hydrogens is 319 g/mol. The van der Waals surface area contributed by atoms with Gasteiger partial charge in [0, 0.05) is 52.0 Å². The lowest BCUT2D eigenvalue weighted by Crippen LogP contribution is -2.35. The zero-order valence-corrected chi connectivity index (χ0v) is 14.6. The van der Waals surface area contributed by atoms with Crippen LogP contribution in [0.15, 0.2) is 30.6 Å². The maximum Gasteiger partial charge on any atom is 0.134 e. The molecule has 1 unspecified atom stereocenters. The number of hydrogen-bond donors (Lipinski definition) is 0. The van der Waals surface area contributed by atoms with Crippen molar-refractivity contribution in [1.82, 2.24) is 9.97 Å². The van der Waals surface area contributed by atoms with E-state index >= 15 is 0 Å². The molecule has 2 aromatic rings. The van der Waals surface area contributed by atoms with Gasteiger partial charge in [0.2, 0.25) is 0 Å². The monoisotopic (exact) mass is 340 g/mol. The first-order valence-corrected chi connectivity index (χ1v) is 8.16. The van der Waals surface area contributed by atoms with Gasteiger partial charge in [0.1, 0.15) is 23.8 Å². The summed E-state index contributed by atoms with van der Waals surface area (Å²) in [6, 6.07) is 8.71. The highest BCUT2D eigenvalue weighted by Gasteiger charge is 2.27. The Morgan fingerprint density at radius 1 is 1.16 bits per heavy atom. The van der Waals surface area contributed by atoms with Gasteiger partial charge < -0.3 is 14.7 Å². The molecule has 1 aliphatic rings. The van der Waals surface area contributed by atoms with Crippen molar-refractivity contribution in [3.8, 4) is 6.07 Å². The van der Waals surface area contributed by atoms with Gasteiger partial charge in [-0.3, -0.25) is 0 Å². The van der Waals surface area contributed by atoms with Crippen LogP contribution >= 0.6 is 0 Å². The molecule has 0 radical (unpaired) electrons. The molecule has 1 aliphatic heterocycles. The van der Waals surface area contributed by atoms with Crippen LogP contribution in [0.5, 0.6) is 0 Å². The molecule has 6 nitrogen and oxygen atoms in total. The maximum atomic E-state index is 13.7. The SMILES string of the molecule is CN(C)c1cc(N(C)C2CCN(c3cc(F)cc(C#N)c3)C2)ncn1. The predicted octanol–water partition coefficient (Wildman–Crippen LogP) is 2.27. The zero-order valence-electron chi connectivity index (χ0n) is 14.6. The maximum absolute atomic E-state index is 13.7. The van der Waals surface area contributed by atoms with Gasteiger partial charge in [-0.2, -0.15) is 5.26 Å². The Labute approximate surface area is 147 Å². The summed E-state index contributed by atoms with van der Waals surface area (Å²) in [6.45, 7) is 1.57. The van der Waals surface area contributed by atoms with Crippen molar-refractivity contribution < 1.29 is 4.39 Å². The van der Waals surface area contributed by atoms with Crippen LogP contribution in [0.25, 0.3) is 0 Å². The van der Waals surface area contributed by atoms with Gasteiger partial charge in [0.05, 0.1) is 11.6 Å². The van der Waals surface area contributed by atoms with Crippen LogP contribution in [0.1, 0.15) is 12.0 Å². The summed E-state index contributed by atoms with van der Waals surface area (Å²) in [6.07, 6.45) is 2.51. The van der Waals surface area contributed by atoms with Crippen LogP contribution in [-0.4, -0.2) is 50.2 Å². The molecule has 3 rings (SSSR count). The Balaban J connectivity index is 1.75. The van der Waals surface area contributed by atoms with Gasteiger partial charge >= 0.3 is 0 Å². The minimum atomic E-state index is -0.378. The first-order chi connectivity index (χ1) is 12.0. The van der Waals surface area contributed by atoms with E-state index in [4.69, 9.17) is 5.26 Å². The highest BCUT2D eigenvalue weighted by molar-refractivity contribution is 5.55. The van der Waals surface area contributed by atoms with Crippen molar-refractivity contribution in [3.63, 3.8) is 0 Å². The number of aromatic nitrogens is 2. The number of rotatable bonds is 4. The molecule has 0 saturated carbocycles. The fraction of sp³-hybridized carbons (Fsp3) is 0.389. The Hall–Kier alpha value is -2.88. The molecule has 1 saturated heterocycles. The minimum absolute atomic E-state index is 0.263. The fourth-order valence-corrected chi connectivity index (χ4v) is 3.08. The van der Waals surface area contributed by atoms with E-state index in [2.05, 4.69) is 19.8 Å². The standard InChI is InChI=1S/C18H21FN6/c1-23(2)17-9-18(22-12-21-17)24(3)15-4-5-25(11-15)16-7-13(10-20)6-14(19)8-16/h6-9,12,15H,4-5,11H2,1-3H3. The van der Waals surface area contributed by atoms with Gasteiger partial charge in [-0.05, 0) is 24.6 Å². The number of halogens is 1.